The topological polar surface area (TPSA) is 105 Å². The Labute approximate surface area is 305 Å². The van der Waals surface area contributed by atoms with Crippen LogP contribution in [0.15, 0.2) is 36.8 Å². The molecule has 284 valence electrons. The van der Waals surface area contributed by atoms with Gasteiger partial charge in [-0.05, 0) is 89.1 Å². The molecule has 10 nitrogen and oxygen atoms in total. The van der Waals surface area contributed by atoms with Crippen molar-refractivity contribution < 1.29 is 27.4 Å². The van der Waals surface area contributed by atoms with E-state index in [0.29, 0.717) is 48.1 Å². The van der Waals surface area contributed by atoms with E-state index in [4.69, 9.17) is 24.9 Å². The van der Waals surface area contributed by atoms with Crippen molar-refractivity contribution in [2.24, 2.45) is 17.8 Å². The fourth-order valence-corrected chi connectivity index (χ4v) is 9.29. The Bertz CT molecular complexity index is 1880. The van der Waals surface area contributed by atoms with Gasteiger partial charge in [0.1, 0.15) is 36.5 Å². The zero-order valence-electron chi connectivity index (χ0n) is 31.5. The highest BCUT2D eigenvalue weighted by molar-refractivity contribution is 6.76. The third-order valence-corrected chi connectivity index (χ3v) is 13.0. The summed E-state index contributed by atoms with van der Waals surface area (Å²) in [6.45, 7) is 18.2. The standard InChI is InChI=1S/C38H54F3N7O3Si/c1-23(2)46(20-26-17-31(34-33(26)50-37(3,4)51-34)47-11-10-28-35(42)43-21-44-36(28)47)19-25-14-24(15-25)16-32-45-29-18-27(38(39,40)41)8-9-30(29)48(32)22-49-12-13-52(5,6)7/h8-11,18,21,23-26,31,33-34H,12-17,19-20,22H2,1-7H3,(H2,42,43,44)/t24?,25?,26-,31-,33-,34+/m1/s1. The minimum absolute atomic E-state index is 0.0363. The number of nitrogens with zero attached hydrogens (tertiary/aromatic N) is 6. The number of nitrogens with two attached hydrogens (primary N) is 1. The molecular formula is C38H54F3N7O3Si. The van der Waals surface area contributed by atoms with Crippen LogP contribution in [0.1, 0.15) is 64.4 Å². The van der Waals surface area contributed by atoms with Gasteiger partial charge in [0.05, 0.1) is 34.1 Å². The average molecular weight is 742 g/mol. The van der Waals surface area contributed by atoms with Gasteiger partial charge in [-0.2, -0.15) is 13.2 Å². The van der Waals surface area contributed by atoms with Gasteiger partial charge in [0.15, 0.2) is 5.79 Å². The third-order valence-electron chi connectivity index (χ3n) is 11.3. The van der Waals surface area contributed by atoms with Crippen LogP contribution in [-0.2, 0) is 33.5 Å². The Kier molecular flexibility index (Phi) is 10.0. The minimum atomic E-state index is -4.41. The number of nitrogen functional groups attached to an aromatic ring is 1. The molecule has 4 heterocycles. The highest BCUT2D eigenvalue weighted by Crippen LogP contribution is 2.48. The first-order valence-corrected chi connectivity index (χ1v) is 22.5. The fraction of sp³-hybridized carbons (Fsp3) is 0.658. The summed E-state index contributed by atoms with van der Waals surface area (Å²) in [4.78, 5) is 16.1. The van der Waals surface area contributed by atoms with Crippen molar-refractivity contribution in [2.75, 3.05) is 25.4 Å². The lowest BCUT2D eigenvalue weighted by molar-refractivity contribution is -0.161. The molecule has 2 N–H and O–H groups in total. The summed E-state index contributed by atoms with van der Waals surface area (Å²) >= 11 is 0. The summed E-state index contributed by atoms with van der Waals surface area (Å²) < 4.78 is 64.1. The molecule has 1 saturated heterocycles. The van der Waals surface area contributed by atoms with E-state index >= 15 is 0 Å². The number of rotatable bonds is 13. The summed E-state index contributed by atoms with van der Waals surface area (Å²) in [6, 6.07) is 7.29. The summed E-state index contributed by atoms with van der Waals surface area (Å²) in [5, 5.41) is 0.847. The summed E-state index contributed by atoms with van der Waals surface area (Å²) in [6.07, 6.45) is 2.75. The normalized spacial score (nSPS) is 26.2. The number of ether oxygens (including phenoxy) is 3. The number of hydrogen-bond donors (Lipinski definition) is 1. The van der Waals surface area contributed by atoms with Crippen LogP contribution in [0.4, 0.5) is 19.0 Å². The van der Waals surface area contributed by atoms with Crippen LogP contribution < -0.4 is 5.73 Å². The Morgan fingerprint density at radius 3 is 2.50 bits per heavy atom. The van der Waals surface area contributed by atoms with Crippen molar-refractivity contribution in [3.05, 3.63) is 48.2 Å². The molecule has 2 aliphatic carbocycles. The molecule has 3 fully saturated rings. The lowest BCUT2D eigenvalue weighted by atomic mass is 9.72. The predicted octanol–water partition coefficient (Wildman–Crippen LogP) is 7.75. The Hall–Kier alpha value is -3.04. The van der Waals surface area contributed by atoms with Crippen molar-refractivity contribution in [1.29, 1.82) is 0 Å². The van der Waals surface area contributed by atoms with Gasteiger partial charge in [-0.15, -0.1) is 0 Å². The van der Waals surface area contributed by atoms with E-state index < -0.39 is 25.6 Å². The first-order valence-electron chi connectivity index (χ1n) is 18.8. The zero-order valence-corrected chi connectivity index (χ0v) is 32.5. The maximum absolute atomic E-state index is 13.6. The zero-order chi connectivity index (χ0) is 37.2. The smallest absolute Gasteiger partial charge is 0.383 e. The van der Waals surface area contributed by atoms with E-state index in [1.165, 1.54) is 12.4 Å². The van der Waals surface area contributed by atoms with Gasteiger partial charge in [0.25, 0.3) is 0 Å². The van der Waals surface area contributed by atoms with E-state index in [-0.39, 0.29) is 24.2 Å². The number of anilines is 1. The maximum Gasteiger partial charge on any atom is 0.416 e. The number of imidazole rings is 1. The average Bonchev–Trinajstić information content (AvgIpc) is 3.77. The van der Waals surface area contributed by atoms with Crippen LogP contribution in [0.2, 0.25) is 25.7 Å². The molecule has 0 amide bonds. The molecule has 52 heavy (non-hydrogen) atoms. The van der Waals surface area contributed by atoms with E-state index in [2.05, 4.69) is 52.9 Å². The van der Waals surface area contributed by atoms with Gasteiger partial charge in [-0.3, -0.25) is 0 Å². The summed E-state index contributed by atoms with van der Waals surface area (Å²) in [7, 11) is -1.28. The Morgan fingerprint density at radius 2 is 1.79 bits per heavy atom. The van der Waals surface area contributed by atoms with Crippen LogP contribution >= 0.6 is 0 Å². The van der Waals surface area contributed by atoms with Gasteiger partial charge in [-0.25, -0.2) is 15.0 Å². The SMILES string of the molecule is CC(C)N(CC1CC(Cc2nc3cc(C(F)(F)F)ccc3n2COCC[Si](C)(C)C)C1)C[C@H]1C[C@@H](n2ccc3c(N)ncnc32)[C@@H]2OC(C)(C)O[C@H]12. The summed E-state index contributed by atoms with van der Waals surface area (Å²) in [5.41, 5.74) is 7.38. The molecule has 4 aromatic rings. The minimum Gasteiger partial charge on any atom is -0.383 e. The molecule has 0 radical (unpaired) electrons. The van der Waals surface area contributed by atoms with Gasteiger partial charge in [0, 0.05) is 52.3 Å². The summed E-state index contributed by atoms with van der Waals surface area (Å²) in [5.74, 6) is 1.84. The molecule has 1 aromatic carbocycles. The molecule has 0 unspecified atom stereocenters. The predicted molar refractivity (Wildman–Crippen MR) is 198 cm³/mol. The number of aromatic nitrogens is 5. The first kappa shape index (κ1) is 37.3. The molecular weight excluding hydrogens is 688 g/mol. The van der Waals surface area contributed by atoms with Gasteiger partial charge < -0.3 is 34.0 Å². The third kappa shape index (κ3) is 7.77. The number of fused-ring (bicyclic) bond motifs is 3. The lowest BCUT2D eigenvalue weighted by Crippen LogP contribution is -2.44. The van der Waals surface area contributed by atoms with Gasteiger partial charge in [-0.1, -0.05) is 19.6 Å². The van der Waals surface area contributed by atoms with Crippen LogP contribution in [0.3, 0.4) is 0 Å². The maximum atomic E-state index is 13.6. The van der Waals surface area contributed by atoms with Crippen molar-refractivity contribution >= 4 is 36.0 Å². The van der Waals surface area contributed by atoms with E-state index in [0.717, 1.165) is 67.7 Å². The number of hydrogen-bond acceptors (Lipinski definition) is 8. The highest BCUT2D eigenvalue weighted by Gasteiger charge is 2.55. The van der Waals surface area contributed by atoms with Gasteiger partial charge in [0.2, 0.25) is 0 Å². The quantitative estimate of drug-likeness (QED) is 0.110. The second kappa shape index (κ2) is 14.0. The molecule has 14 heteroatoms. The highest BCUT2D eigenvalue weighted by atomic mass is 28.3. The van der Waals surface area contributed by atoms with Gasteiger partial charge >= 0.3 is 6.18 Å². The lowest BCUT2D eigenvalue weighted by Gasteiger charge is -2.41. The second-order valence-corrected chi connectivity index (χ2v) is 22.9. The molecule has 0 bridgehead atoms. The second-order valence-electron chi connectivity index (χ2n) is 17.3. The van der Waals surface area contributed by atoms with Crippen LogP contribution in [0, 0.1) is 17.8 Å². The fourth-order valence-electron chi connectivity index (χ4n) is 8.53. The molecule has 4 atom stereocenters. The molecule has 7 rings (SSSR count). The monoisotopic (exact) mass is 741 g/mol. The molecule has 2 saturated carbocycles. The van der Waals surface area contributed by atoms with Crippen molar-refractivity contribution in [3.63, 3.8) is 0 Å². The molecule has 0 spiro atoms. The van der Waals surface area contributed by atoms with Crippen LogP contribution in [-0.4, -0.2) is 80.8 Å². The largest absolute Gasteiger partial charge is 0.416 e. The molecule has 3 aliphatic rings. The Balaban J connectivity index is 1.02. The van der Waals surface area contributed by atoms with Crippen LogP contribution in [0.5, 0.6) is 0 Å². The van der Waals surface area contributed by atoms with Crippen LogP contribution in [0.25, 0.3) is 22.1 Å². The van der Waals surface area contributed by atoms with E-state index in [1.807, 2.05) is 30.7 Å². The van der Waals surface area contributed by atoms with Crippen molar-refractivity contribution in [2.45, 2.75) is 122 Å². The van der Waals surface area contributed by atoms with E-state index in [9.17, 15) is 13.2 Å². The number of halogens is 3. The number of benzene rings is 1. The molecule has 3 aromatic heterocycles. The molecule has 1 aliphatic heterocycles. The number of alkyl halides is 3. The Morgan fingerprint density at radius 1 is 1.04 bits per heavy atom. The van der Waals surface area contributed by atoms with E-state index in [1.54, 1.807) is 6.07 Å². The van der Waals surface area contributed by atoms with Crippen molar-refractivity contribution in [3.8, 4) is 0 Å². The first-order chi connectivity index (χ1) is 24.5. The van der Waals surface area contributed by atoms with Crippen molar-refractivity contribution in [1.82, 2.24) is 29.0 Å².